The smallest absolute Gasteiger partial charge is 0.338 e. The first-order valence-corrected chi connectivity index (χ1v) is 7.65. The van der Waals surface area contributed by atoms with Crippen LogP contribution < -0.4 is 5.32 Å². The zero-order valence-corrected chi connectivity index (χ0v) is 13.1. The van der Waals surface area contributed by atoms with E-state index in [9.17, 15) is 14.7 Å². The van der Waals surface area contributed by atoms with Crippen molar-refractivity contribution in [3.8, 4) is 5.75 Å². The molecule has 1 amide bonds. The van der Waals surface area contributed by atoms with Gasteiger partial charge in [0.25, 0.3) is 5.91 Å². The van der Waals surface area contributed by atoms with Gasteiger partial charge in [-0.15, -0.1) is 11.3 Å². The summed E-state index contributed by atoms with van der Waals surface area (Å²) in [5.74, 6) is -0.995. The number of phenols is 1. The number of carbonyl (C=O) groups excluding carboxylic acids is 2. The quantitative estimate of drug-likeness (QED) is 0.831. The lowest BCUT2D eigenvalue weighted by atomic mass is 10.1. The number of thiophene rings is 1. The van der Waals surface area contributed by atoms with E-state index in [2.05, 4.69) is 5.32 Å². The Morgan fingerprint density at radius 1 is 1.36 bits per heavy atom. The number of carbonyl (C=O) groups is 2. The fourth-order valence-corrected chi connectivity index (χ4v) is 2.58. The van der Waals surface area contributed by atoms with Crippen molar-refractivity contribution in [2.45, 2.75) is 19.9 Å². The molecule has 0 aliphatic heterocycles. The van der Waals surface area contributed by atoms with Gasteiger partial charge >= 0.3 is 5.97 Å². The molecule has 0 saturated carbocycles. The van der Waals surface area contributed by atoms with Crippen LogP contribution in [0.4, 0.5) is 0 Å². The molecule has 0 unspecified atom stereocenters. The molecule has 6 heteroatoms. The number of hydrogen-bond acceptors (Lipinski definition) is 5. The lowest BCUT2D eigenvalue weighted by molar-refractivity contribution is -0.124. The van der Waals surface area contributed by atoms with Crippen LogP contribution in [0.2, 0.25) is 0 Å². The molecule has 5 nitrogen and oxygen atoms in total. The van der Waals surface area contributed by atoms with Gasteiger partial charge in [-0.1, -0.05) is 12.1 Å². The van der Waals surface area contributed by atoms with Crippen LogP contribution in [0.3, 0.4) is 0 Å². The van der Waals surface area contributed by atoms with Crippen molar-refractivity contribution < 1.29 is 19.4 Å². The molecule has 0 saturated heterocycles. The van der Waals surface area contributed by atoms with Crippen molar-refractivity contribution in [2.24, 2.45) is 0 Å². The third kappa shape index (κ3) is 4.08. The van der Waals surface area contributed by atoms with Gasteiger partial charge in [0.15, 0.2) is 6.61 Å². The number of nitrogens with one attached hydrogen (secondary N) is 1. The van der Waals surface area contributed by atoms with Gasteiger partial charge < -0.3 is 15.2 Å². The van der Waals surface area contributed by atoms with Crippen molar-refractivity contribution in [3.05, 3.63) is 51.7 Å². The molecule has 0 aliphatic carbocycles. The van der Waals surface area contributed by atoms with Crippen LogP contribution in [0.25, 0.3) is 0 Å². The summed E-state index contributed by atoms with van der Waals surface area (Å²) in [5.41, 5.74) is 0.876. The van der Waals surface area contributed by atoms with Crippen LogP contribution >= 0.6 is 11.3 Å². The van der Waals surface area contributed by atoms with Crippen molar-refractivity contribution in [1.29, 1.82) is 0 Å². The SMILES string of the molecule is Cc1ccc(C(=O)OCC(=O)N[C@H](C)c2cccs2)cc1O. The fourth-order valence-electron chi connectivity index (χ4n) is 1.84. The molecule has 0 fully saturated rings. The molecule has 22 heavy (non-hydrogen) atoms. The lowest BCUT2D eigenvalue weighted by Crippen LogP contribution is -2.30. The van der Waals surface area contributed by atoms with Crippen LogP contribution in [0.5, 0.6) is 5.75 Å². The normalized spacial score (nSPS) is 11.7. The topological polar surface area (TPSA) is 75.6 Å². The van der Waals surface area contributed by atoms with E-state index >= 15 is 0 Å². The molecular weight excluding hydrogens is 302 g/mol. The highest BCUT2D eigenvalue weighted by atomic mass is 32.1. The summed E-state index contributed by atoms with van der Waals surface area (Å²) in [6, 6.07) is 8.19. The third-order valence-electron chi connectivity index (χ3n) is 3.13. The maximum Gasteiger partial charge on any atom is 0.338 e. The zero-order valence-electron chi connectivity index (χ0n) is 12.3. The first kappa shape index (κ1) is 16.0. The largest absolute Gasteiger partial charge is 0.508 e. The molecule has 2 rings (SSSR count). The summed E-state index contributed by atoms with van der Waals surface area (Å²) in [7, 11) is 0. The van der Waals surface area contributed by atoms with E-state index < -0.39 is 5.97 Å². The molecule has 1 atom stereocenters. The van der Waals surface area contributed by atoms with Crippen molar-refractivity contribution >= 4 is 23.2 Å². The first-order valence-electron chi connectivity index (χ1n) is 6.77. The lowest BCUT2D eigenvalue weighted by Gasteiger charge is -2.12. The van der Waals surface area contributed by atoms with Gasteiger partial charge in [0.05, 0.1) is 11.6 Å². The molecule has 0 bridgehead atoms. The summed E-state index contributed by atoms with van der Waals surface area (Å²) in [4.78, 5) is 24.6. The molecule has 1 aromatic carbocycles. The number of esters is 1. The zero-order chi connectivity index (χ0) is 16.1. The Hall–Kier alpha value is -2.34. The number of aryl methyl sites for hydroxylation is 1. The van der Waals surface area contributed by atoms with E-state index in [0.29, 0.717) is 5.56 Å². The molecule has 1 heterocycles. The van der Waals surface area contributed by atoms with Gasteiger partial charge in [0, 0.05) is 4.88 Å². The minimum Gasteiger partial charge on any atom is -0.508 e. The van der Waals surface area contributed by atoms with E-state index in [1.165, 1.54) is 6.07 Å². The highest BCUT2D eigenvalue weighted by molar-refractivity contribution is 7.10. The molecular formula is C16H17NO4S. The van der Waals surface area contributed by atoms with Crippen molar-refractivity contribution in [3.63, 3.8) is 0 Å². The summed E-state index contributed by atoms with van der Waals surface area (Å²) in [6.45, 7) is 3.23. The fraction of sp³-hybridized carbons (Fsp3) is 0.250. The number of ether oxygens (including phenoxy) is 1. The van der Waals surface area contributed by atoms with E-state index in [1.54, 1.807) is 30.4 Å². The number of phenolic OH excluding ortho intramolecular Hbond substituents is 1. The Bertz CT molecular complexity index is 667. The highest BCUT2D eigenvalue weighted by Gasteiger charge is 2.14. The Morgan fingerprint density at radius 3 is 2.77 bits per heavy atom. The van der Waals surface area contributed by atoms with E-state index in [4.69, 9.17) is 4.74 Å². The van der Waals surface area contributed by atoms with Gasteiger partial charge in [0.1, 0.15) is 5.75 Å². The van der Waals surface area contributed by atoms with Crippen molar-refractivity contribution in [2.75, 3.05) is 6.61 Å². The summed E-state index contributed by atoms with van der Waals surface area (Å²) in [6.07, 6.45) is 0. The second kappa shape index (κ2) is 7.09. The number of benzene rings is 1. The van der Waals surface area contributed by atoms with Gasteiger partial charge in [-0.3, -0.25) is 4.79 Å². The van der Waals surface area contributed by atoms with Gasteiger partial charge in [0.2, 0.25) is 0 Å². The second-order valence-corrected chi connectivity index (χ2v) is 5.86. The average molecular weight is 319 g/mol. The van der Waals surface area contributed by atoms with Crippen LogP contribution in [0.1, 0.15) is 33.8 Å². The molecule has 0 spiro atoms. The molecule has 2 aromatic rings. The standard InChI is InChI=1S/C16H17NO4S/c1-10-5-6-12(8-13(10)18)16(20)21-9-15(19)17-11(2)14-4-3-7-22-14/h3-8,11,18H,9H2,1-2H3,(H,17,19)/t11-/m1/s1. The van der Waals surface area contributed by atoms with E-state index in [0.717, 1.165) is 4.88 Å². The number of amides is 1. The second-order valence-electron chi connectivity index (χ2n) is 4.88. The summed E-state index contributed by atoms with van der Waals surface area (Å²) >= 11 is 1.55. The predicted octanol–water partition coefficient (Wildman–Crippen LogP) is 2.80. The van der Waals surface area contributed by atoms with E-state index in [1.807, 2.05) is 24.4 Å². The van der Waals surface area contributed by atoms with Crippen LogP contribution in [0, 0.1) is 6.92 Å². The Kier molecular flexibility index (Phi) is 5.16. The molecule has 0 aliphatic rings. The van der Waals surface area contributed by atoms with Crippen LogP contribution in [0.15, 0.2) is 35.7 Å². The molecule has 0 radical (unpaired) electrons. The first-order chi connectivity index (χ1) is 10.5. The minimum atomic E-state index is -0.644. The number of aromatic hydroxyl groups is 1. The monoisotopic (exact) mass is 319 g/mol. The maximum atomic E-state index is 11.8. The van der Waals surface area contributed by atoms with Crippen LogP contribution in [-0.4, -0.2) is 23.6 Å². The van der Waals surface area contributed by atoms with Gasteiger partial charge in [-0.05, 0) is 43.0 Å². The van der Waals surface area contributed by atoms with Gasteiger partial charge in [-0.2, -0.15) is 0 Å². The maximum absolute atomic E-state index is 11.8. The average Bonchev–Trinajstić information content (AvgIpc) is 3.02. The molecule has 1 aromatic heterocycles. The minimum absolute atomic E-state index is 0.0187. The Morgan fingerprint density at radius 2 is 2.14 bits per heavy atom. The van der Waals surface area contributed by atoms with Crippen LogP contribution in [-0.2, 0) is 9.53 Å². The highest BCUT2D eigenvalue weighted by Crippen LogP contribution is 2.19. The molecule has 2 N–H and O–H groups in total. The van der Waals surface area contributed by atoms with Crippen molar-refractivity contribution in [1.82, 2.24) is 5.32 Å². The Balaban J connectivity index is 1.85. The molecule has 116 valence electrons. The predicted molar refractivity (Wildman–Crippen MR) is 84.0 cm³/mol. The number of rotatable bonds is 5. The van der Waals surface area contributed by atoms with E-state index in [-0.39, 0.29) is 29.9 Å². The Labute approximate surface area is 132 Å². The summed E-state index contributed by atoms with van der Waals surface area (Å²) < 4.78 is 4.94. The number of hydrogen-bond donors (Lipinski definition) is 2. The summed E-state index contributed by atoms with van der Waals surface area (Å²) in [5, 5.41) is 14.3. The third-order valence-corrected chi connectivity index (χ3v) is 4.18. The van der Waals surface area contributed by atoms with Gasteiger partial charge in [-0.25, -0.2) is 4.79 Å².